The van der Waals surface area contributed by atoms with Crippen LogP contribution < -0.4 is 14.5 Å². The first-order chi connectivity index (χ1) is 24.0. The number of hydrogen-bond acceptors (Lipinski definition) is 12. The lowest BCUT2D eigenvalue weighted by Crippen LogP contribution is -2.53. The quantitative estimate of drug-likeness (QED) is 0.228. The Morgan fingerprint density at radius 2 is 1.72 bits per heavy atom. The van der Waals surface area contributed by atoms with Gasteiger partial charge in [-0.2, -0.15) is 17.8 Å². The summed E-state index contributed by atoms with van der Waals surface area (Å²) < 4.78 is 41.5. The fraction of sp³-hybridized carbons (Fsp3) is 0.382. The molecule has 2 aliphatic rings. The van der Waals surface area contributed by atoms with Crippen LogP contribution in [0, 0.1) is 0 Å². The summed E-state index contributed by atoms with van der Waals surface area (Å²) in [6.07, 6.45) is 2.62. The molecule has 0 bridgehead atoms. The van der Waals surface area contributed by atoms with Crippen molar-refractivity contribution in [3.05, 3.63) is 72.7 Å². The number of morpholine rings is 1. The molecule has 1 aromatic carbocycles. The minimum Gasteiger partial charge on any atom is -0.443 e. The van der Waals surface area contributed by atoms with Crippen LogP contribution in [-0.4, -0.2) is 101 Å². The zero-order chi connectivity index (χ0) is 34.9. The molecule has 0 aliphatic carbocycles. The zero-order valence-electron chi connectivity index (χ0n) is 28.2. The molecule has 1 amide bonds. The first-order valence-corrected chi connectivity index (χ1v) is 18.9. The molecule has 0 radical (unpaired) electrons. The molecule has 0 atom stereocenters. The maximum Gasteiger partial charge on any atom is 0.422 e. The summed E-state index contributed by atoms with van der Waals surface area (Å²) in [5.41, 5.74) is 4.49. The molecule has 1 N–H and O–H groups in total. The molecule has 0 unspecified atom stereocenters. The molecule has 6 heterocycles. The smallest absolute Gasteiger partial charge is 0.422 e. The average molecular weight is 718 g/mol. The van der Waals surface area contributed by atoms with Crippen LogP contribution in [0.1, 0.15) is 26.5 Å². The number of aromatic nitrogens is 5. The van der Waals surface area contributed by atoms with Crippen LogP contribution in [0.3, 0.4) is 0 Å². The summed E-state index contributed by atoms with van der Waals surface area (Å²) in [7, 11) is -4.04. The van der Waals surface area contributed by atoms with Crippen LogP contribution in [0.25, 0.3) is 27.8 Å². The van der Waals surface area contributed by atoms with Gasteiger partial charge in [0, 0.05) is 62.2 Å². The standard InChI is InChI=1S/C34H39N9O5S2/c1-34(2,3)48-33(44)39-50(45,46)42-16-14-41(15-17-42)29-10-8-25(22-35-29)31-27(23-49-30-11-9-24-6-4-5-7-26(24)37-30)38-32-28(12-13-36-43(31)32)40-18-20-47-21-19-40/h4-13,22H,14-21,23H2,1-3H3,(H,39,44). The second-order valence-electron chi connectivity index (χ2n) is 13.0. The number of anilines is 2. The summed E-state index contributed by atoms with van der Waals surface area (Å²) in [6.45, 7) is 9.07. The molecule has 5 aromatic rings. The summed E-state index contributed by atoms with van der Waals surface area (Å²) in [5.74, 6) is 1.29. The van der Waals surface area contributed by atoms with Crippen molar-refractivity contribution in [3.8, 4) is 11.3 Å². The van der Waals surface area contributed by atoms with Gasteiger partial charge in [0.25, 0.3) is 0 Å². The number of piperazine rings is 1. The number of benzene rings is 1. The van der Waals surface area contributed by atoms with E-state index < -0.39 is 21.9 Å². The summed E-state index contributed by atoms with van der Waals surface area (Å²) in [6, 6.07) is 18.1. The number of rotatable bonds is 8. The average Bonchev–Trinajstić information content (AvgIpc) is 3.49. The number of nitrogens with one attached hydrogen (secondary N) is 1. The number of pyridine rings is 2. The Morgan fingerprint density at radius 1 is 0.940 bits per heavy atom. The highest BCUT2D eigenvalue weighted by Gasteiger charge is 2.31. The molecule has 2 fully saturated rings. The summed E-state index contributed by atoms with van der Waals surface area (Å²) >= 11 is 1.62. The van der Waals surface area contributed by atoms with Crippen molar-refractivity contribution < 1.29 is 22.7 Å². The van der Waals surface area contributed by atoms with Gasteiger partial charge < -0.3 is 19.3 Å². The van der Waals surface area contributed by atoms with Crippen LogP contribution in [0.5, 0.6) is 0 Å². The second kappa shape index (κ2) is 14.0. The van der Waals surface area contributed by atoms with Crippen molar-refractivity contribution in [1.29, 1.82) is 0 Å². The Balaban J connectivity index is 1.12. The number of thioether (sulfide) groups is 1. The maximum absolute atomic E-state index is 12.8. The van der Waals surface area contributed by atoms with E-state index in [0.717, 1.165) is 63.1 Å². The number of nitrogens with zero attached hydrogens (tertiary/aromatic N) is 8. The summed E-state index contributed by atoms with van der Waals surface area (Å²) in [4.78, 5) is 31.2. The third-order valence-corrected chi connectivity index (χ3v) is 10.8. The number of ether oxygens (including phenoxy) is 2. The van der Waals surface area contributed by atoms with Crippen molar-refractivity contribution in [2.45, 2.75) is 37.2 Å². The van der Waals surface area contributed by atoms with E-state index in [0.29, 0.717) is 32.1 Å². The van der Waals surface area contributed by atoms with E-state index in [1.807, 2.05) is 62.8 Å². The Hall–Kier alpha value is -4.51. The van der Waals surface area contributed by atoms with E-state index >= 15 is 0 Å². The van der Waals surface area contributed by atoms with Crippen LogP contribution in [0.2, 0.25) is 0 Å². The van der Waals surface area contributed by atoms with Crippen molar-refractivity contribution >= 4 is 56.1 Å². The summed E-state index contributed by atoms with van der Waals surface area (Å²) in [5, 5.41) is 6.75. The molecule has 0 spiro atoms. The predicted octanol–water partition coefficient (Wildman–Crippen LogP) is 4.36. The number of para-hydroxylation sites is 1. The molecule has 4 aromatic heterocycles. The minimum absolute atomic E-state index is 0.188. The first kappa shape index (κ1) is 34.0. The van der Waals surface area contributed by atoms with Gasteiger partial charge in [0.15, 0.2) is 5.65 Å². The van der Waals surface area contributed by atoms with Crippen molar-refractivity contribution in [2.75, 3.05) is 62.3 Å². The lowest BCUT2D eigenvalue weighted by molar-refractivity contribution is 0.0567. The highest BCUT2D eigenvalue weighted by molar-refractivity contribution is 7.98. The molecule has 2 aliphatic heterocycles. The van der Waals surface area contributed by atoms with Crippen molar-refractivity contribution in [3.63, 3.8) is 0 Å². The molecule has 50 heavy (non-hydrogen) atoms. The lowest BCUT2D eigenvalue weighted by Gasteiger charge is -2.34. The van der Waals surface area contributed by atoms with E-state index in [1.54, 1.807) is 38.7 Å². The normalized spacial score (nSPS) is 16.2. The van der Waals surface area contributed by atoms with Crippen LogP contribution in [0.15, 0.2) is 72.0 Å². The van der Waals surface area contributed by atoms with Gasteiger partial charge in [-0.25, -0.2) is 29.0 Å². The predicted molar refractivity (Wildman–Crippen MR) is 193 cm³/mol. The SMILES string of the molecule is CC(C)(C)OC(=O)NS(=O)(=O)N1CCN(c2ccc(-c3c(CSc4ccc5ccccc5n4)nc4c(N5CCOCC5)ccnn34)cn2)CC1. The fourth-order valence-electron chi connectivity index (χ4n) is 6.03. The highest BCUT2D eigenvalue weighted by Crippen LogP contribution is 2.34. The van der Waals surface area contributed by atoms with E-state index in [9.17, 15) is 13.2 Å². The van der Waals surface area contributed by atoms with Crippen molar-refractivity contribution in [2.24, 2.45) is 0 Å². The third-order valence-electron chi connectivity index (χ3n) is 8.39. The first-order valence-electron chi connectivity index (χ1n) is 16.4. The van der Waals surface area contributed by atoms with Crippen molar-refractivity contribution in [1.82, 2.24) is 33.6 Å². The molecule has 7 rings (SSSR count). The fourth-order valence-corrected chi connectivity index (χ4v) is 7.87. The minimum atomic E-state index is -4.04. The largest absolute Gasteiger partial charge is 0.443 e. The number of carbonyl (C=O) groups excluding carboxylic acids is 1. The van der Waals surface area contributed by atoms with Gasteiger partial charge in [-0.3, -0.25) is 0 Å². The molecular weight excluding hydrogens is 679 g/mol. The Kier molecular flexibility index (Phi) is 9.52. The molecular formula is C34H39N9O5S2. The maximum atomic E-state index is 12.8. The van der Waals surface area contributed by atoms with Gasteiger partial charge in [-0.1, -0.05) is 36.0 Å². The molecule has 0 saturated carbocycles. The van der Waals surface area contributed by atoms with Crippen LogP contribution in [-0.2, 0) is 25.4 Å². The van der Waals surface area contributed by atoms with Gasteiger partial charge >= 0.3 is 16.3 Å². The monoisotopic (exact) mass is 717 g/mol. The van der Waals surface area contributed by atoms with E-state index in [4.69, 9.17) is 29.5 Å². The van der Waals surface area contributed by atoms with Gasteiger partial charge in [0.2, 0.25) is 0 Å². The van der Waals surface area contributed by atoms with E-state index in [1.165, 1.54) is 4.31 Å². The second-order valence-corrected chi connectivity index (χ2v) is 15.7. The zero-order valence-corrected chi connectivity index (χ0v) is 29.8. The number of amides is 1. The van der Waals surface area contributed by atoms with Gasteiger partial charge in [-0.05, 0) is 51.1 Å². The number of imidazole rings is 1. The van der Waals surface area contributed by atoms with E-state index in [-0.39, 0.29) is 13.1 Å². The number of hydrogen-bond donors (Lipinski definition) is 1. The lowest BCUT2D eigenvalue weighted by atomic mass is 10.2. The Bertz CT molecular complexity index is 2110. The van der Waals surface area contributed by atoms with E-state index in [2.05, 4.69) is 17.0 Å². The van der Waals surface area contributed by atoms with Crippen LogP contribution >= 0.6 is 11.8 Å². The number of carbonyl (C=O) groups is 1. The van der Waals surface area contributed by atoms with Gasteiger partial charge in [0.05, 0.1) is 47.0 Å². The molecule has 262 valence electrons. The highest BCUT2D eigenvalue weighted by atomic mass is 32.2. The third kappa shape index (κ3) is 7.47. The molecule has 14 nitrogen and oxygen atoms in total. The Labute approximate surface area is 295 Å². The van der Waals surface area contributed by atoms with Gasteiger partial charge in [0.1, 0.15) is 11.4 Å². The Morgan fingerprint density at radius 3 is 2.46 bits per heavy atom. The van der Waals surface area contributed by atoms with Gasteiger partial charge in [-0.15, -0.1) is 0 Å². The van der Waals surface area contributed by atoms with Crippen LogP contribution in [0.4, 0.5) is 16.3 Å². The molecule has 2 saturated heterocycles. The topological polar surface area (TPSA) is 147 Å². The number of fused-ring (bicyclic) bond motifs is 2. The molecule has 16 heteroatoms.